The standard InChI is InChI=1S/C19H24BrN3O5/c1-19(2,3)28-18(25)21-6-4-12(5-7-21)10-22-11-15-14(17(22)24)8-13(20)9-16(15)23(26)27/h8-9,12H,4-7,10-11H2,1-3H3. The Labute approximate surface area is 172 Å². The second kappa shape index (κ2) is 7.69. The molecular weight excluding hydrogens is 430 g/mol. The molecule has 1 saturated heterocycles. The minimum atomic E-state index is -0.523. The van der Waals surface area contributed by atoms with Crippen LogP contribution in [-0.2, 0) is 11.3 Å². The number of nitrogens with zero attached hydrogens (tertiary/aromatic N) is 3. The topological polar surface area (TPSA) is 93.0 Å². The van der Waals surface area contributed by atoms with Crippen molar-refractivity contribution in [1.29, 1.82) is 0 Å². The van der Waals surface area contributed by atoms with Crippen LogP contribution < -0.4 is 0 Å². The van der Waals surface area contributed by atoms with Crippen molar-refractivity contribution in [3.63, 3.8) is 0 Å². The molecule has 0 spiro atoms. The van der Waals surface area contributed by atoms with Gasteiger partial charge in [-0.15, -0.1) is 0 Å². The molecule has 0 saturated carbocycles. The fourth-order valence-electron chi connectivity index (χ4n) is 3.66. The van der Waals surface area contributed by atoms with Gasteiger partial charge in [0.25, 0.3) is 11.6 Å². The van der Waals surface area contributed by atoms with Gasteiger partial charge in [0, 0.05) is 30.2 Å². The van der Waals surface area contributed by atoms with Gasteiger partial charge in [0.05, 0.1) is 22.6 Å². The van der Waals surface area contributed by atoms with Crippen molar-refractivity contribution in [2.45, 2.75) is 45.8 Å². The van der Waals surface area contributed by atoms with E-state index in [1.807, 2.05) is 20.8 Å². The Hall–Kier alpha value is -2.16. The van der Waals surface area contributed by atoms with E-state index >= 15 is 0 Å². The molecule has 1 fully saturated rings. The summed E-state index contributed by atoms with van der Waals surface area (Å²) in [5.74, 6) is 0.0772. The first-order valence-electron chi connectivity index (χ1n) is 9.29. The number of carbonyl (C=O) groups excluding carboxylic acids is 2. The van der Waals surface area contributed by atoms with Gasteiger partial charge in [-0.25, -0.2) is 4.79 Å². The molecule has 0 aliphatic carbocycles. The summed E-state index contributed by atoms with van der Waals surface area (Å²) < 4.78 is 5.93. The normalized spacial score (nSPS) is 17.6. The molecule has 1 aromatic carbocycles. The SMILES string of the molecule is CC(C)(C)OC(=O)N1CCC(CN2Cc3c(cc(Br)cc3[N+](=O)[O-])C2=O)CC1. The number of hydrogen-bond acceptors (Lipinski definition) is 5. The number of fused-ring (bicyclic) bond motifs is 1. The zero-order valence-corrected chi connectivity index (χ0v) is 17.8. The van der Waals surface area contributed by atoms with Crippen LogP contribution in [0, 0.1) is 16.0 Å². The van der Waals surface area contributed by atoms with E-state index in [1.54, 1.807) is 15.9 Å². The van der Waals surface area contributed by atoms with Gasteiger partial charge >= 0.3 is 6.09 Å². The Morgan fingerprint density at radius 2 is 1.96 bits per heavy atom. The number of rotatable bonds is 3. The van der Waals surface area contributed by atoms with Crippen molar-refractivity contribution >= 4 is 33.6 Å². The van der Waals surface area contributed by atoms with Gasteiger partial charge in [-0.05, 0) is 45.6 Å². The van der Waals surface area contributed by atoms with Crippen molar-refractivity contribution in [1.82, 2.24) is 9.80 Å². The molecule has 2 heterocycles. The van der Waals surface area contributed by atoms with E-state index in [-0.39, 0.29) is 30.2 Å². The number of piperidine rings is 1. The molecule has 8 nitrogen and oxygen atoms in total. The van der Waals surface area contributed by atoms with Crippen molar-refractivity contribution in [3.05, 3.63) is 37.8 Å². The molecule has 3 rings (SSSR count). The van der Waals surface area contributed by atoms with Crippen LogP contribution in [0.5, 0.6) is 0 Å². The maximum Gasteiger partial charge on any atom is 0.410 e. The third-order valence-electron chi connectivity index (χ3n) is 5.00. The van der Waals surface area contributed by atoms with Gasteiger partial charge in [0.15, 0.2) is 0 Å². The lowest BCUT2D eigenvalue weighted by Gasteiger charge is -2.34. The lowest BCUT2D eigenvalue weighted by molar-refractivity contribution is -0.385. The fourth-order valence-corrected chi connectivity index (χ4v) is 4.10. The van der Waals surface area contributed by atoms with Crippen LogP contribution in [0.15, 0.2) is 16.6 Å². The van der Waals surface area contributed by atoms with Crippen LogP contribution in [-0.4, -0.2) is 52.0 Å². The van der Waals surface area contributed by atoms with E-state index in [4.69, 9.17) is 4.74 Å². The van der Waals surface area contributed by atoms with Crippen LogP contribution in [0.1, 0.15) is 49.5 Å². The number of nitro benzene ring substituents is 1. The molecule has 0 unspecified atom stereocenters. The second-order valence-electron chi connectivity index (χ2n) is 8.30. The predicted octanol–water partition coefficient (Wildman–Crippen LogP) is 3.96. The monoisotopic (exact) mass is 453 g/mol. The van der Waals surface area contributed by atoms with E-state index in [9.17, 15) is 19.7 Å². The highest BCUT2D eigenvalue weighted by molar-refractivity contribution is 9.10. The van der Waals surface area contributed by atoms with Gasteiger partial charge in [-0.1, -0.05) is 15.9 Å². The zero-order chi connectivity index (χ0) is 20.6. The summed E-state index contributed by atoms with van der Waals surface area (Å²) in [6.45, 7) is 7.47. The number of carbonyl (C=O) groups is 2. The third-order valence-corrected chi connectivity index (χ3v) is 5.46. The van der Waals surface area contributed by atoms with Crippen molar-refractivity contribution in [2.24, 2.45) is 5.92 Å². The molecule has 152 valence electrons. The summed E-state index contributed by atoms with van der Waals surface area (Å²) in [7, 11) is 0. The average Bonchev–Trinajstić information content (AvgIpc) is 2.89. The predicted molar refractivity (Wildman–Crippen MR) is 106 cm³/mol. The summed E-state index contributed by atoms with van der Waals surface area (Å²) in [5, 5.41) is 11.3. The molecule has 2 aliphatic heterocycles. The van der Waals surface area contributed by atoms with Crippen LogP contribution in [0.3, 0.4) is 0 Å². The summed E-state index contributed by atoms with van der Waals surface area (Å²) in [6, 6.07) is 3.09. The maximum atomic E-state index is 12.7. The summed E-state index contributed by atoms with van der Waals surface area (Å²) in [4.78, 5) is 39.1. The van der Waals surface area contributed by atoms with Crippen LogP contribution in [0.4, 0.5) is 10.5 Å². The van der Waals surface area contributed by atoms with E-state index < -0.39 is 10.5 Å². The van der Waals surface area contributed by atoms with Gasteiger partial charge in [0.2, 0.25) is 0 Å². The van der Waals surface area contributed by atoms with E-state index in [2.05, 4.69) is 15.9 Å². The molecule has 2 aliphatic rings. The Balaban J connectivity index is 1.61. The van der Waals surface area contributed by atoms with E-state index in [0.29, 0.717) is 35.2 Å². The van der Waals surface area contributed by atoms with E-state index in [0.717, 1.165) is 12.8 Å². The second-order valence-corrected chi connectivity index (χ2v) is 9.22. The highest BCUT2D eigenvalue weighted by Gasteiger charge is 2.36. The van der Waals surface area contributed by atoms with Crippen molar-refractivity contribution < 1.29 is 19.2 Å². The van der Waals surface area contributed by atoms with Gasteiger partial charge in [-0.3, -0.25) is 14.9 Å². The number of benzene rings is 1. The molecule has 0 aromatic heterocycles. The lowest BCUT2D eigenvalue weighted by atomic mass is 9.96. The molecular formula is C19H24BrN3O5. The number of hydrogen-bond donors (Lipinski definition) is 0. The van der Waals surface area contributed by atoms with E-state index in [1.165, 1.54) is 6.07 Å². The molecule has 0 radical (unpaired) electrons. The summed E-state index contributed by atoms with van der Waals surface area (Å²) in [5.41, 5.74) is 0.321. The number of likely N-dealkylation sites (tertiary alicyclic amines) is 1. The zero-order valence-electron chi connectivity index (χ0n) is 16.2. The summed E-state index contributed by atoms with van der Waals surface area (Å²) in [6.07, 6.45) is 1.23. The lowest BCUT2D eigenvalue weighted by Crippen LogP contribution is -2.43. The highest BCUT2D eigenvalue weighted by atomic mass is 79.9. The van der Waals surface area contributed by atoms with Crippen LogP contribution in [0.25, 0.3) is 0 Å². The first kappa shape index (κ1) is 20.6. The minimum Gasteiger partial charge on any atom is -0.444 e. The van der Waals surface area contributed by atoms with Crippen LogP contribution in [0.2, 0.25) is 0 Å². The number of ether oxygens (including phenoxy) is 1. The summed E-state index contributed by atoms with van der Waals surface area (Å²) >= 11 is 3.25. The van der Waals surface area contributed by atoms with Crippen molar-refractivity contribution in [3.8, 4) is 0 Å². The molecule has 0 N–H and O–H groups in total. The number of amides is 2. The fraction of sp³-hybridized carbons (Fsp3) is 0.579. The molecule has 0 bridgehead atoms. The molecule has 2 amide bonds. The largest absolute Gasteiger partial charge is 0.444 e. The molecule has 1 aromatic rings. The van der Waals surface area contributed by atoms with Crippen molar-refractivity contribution in [2.75, 3.05) is 19.6 Å². The Bertz CT molecular complexity index is 813. The molecule has 9 heteroatoms. The minimum absolute atomic E-state index is 0.0278. The molecule has 28 heavy (non-hydrogen) atoms. The van der Waals surface area contributed by atoms with Crippen LogP contribution >= 0.6 is 15.9 Å². The van der Waals surface area contributed by atoms with Gasteiger partial charge in [-0.2, -0.15) is 0 Å². The molecule has 0 atom stereocenters. The maximum absolute atomic E-state index is 12.7. The Kier molecular flexibility index (Phi) is 5.65. The number of halogens is 1. The number of nitro groups is 1. The highest BCUT2D eigenvalue weighted by Crippen LogP contribution is 2.35. The quantitative estimate of drug-likeness (QED) is 0.509. The third kappa shape index (κ3) is 4.45. The van der Waals surface area contributed by atoms with Gasteiger partial charge < -0.3 is 14.5 Å². The first-order chi connectivity index (χ1) is 13.0. The van der Waals surface area contributed by atoms with Gasteiger partial charge in [0.1, 0.15) is 5.60 Å². The smallest absolute Gasteiger partial charge is 0.410 e. The average molecular weight is 454 g/mol. The first-order valence-corrected chi connectivity index (χ1v) is 10.1. The Morgan fingerprint density at radius 3 is 2.54 bits per heavy atom. The Morgan fingerprint density at radius 1 is 1.32 bits per heavy atom.